The van der Waals surface area contributed by atoms with Crippen molar-refractivity contribution in [2.75, 3.05) is 13.1 Å². The van der Waals surface area contributed by atoms with E-state index in [-0.39, 0.29) is 10.5 Å². The lowest BCUT2D eigenvalue weighted by molar-refractivity contribution is 0.477. The average Bonchev–Trinajstić information content (AvgIpc) is 3.75. The molecule has 7 rings (SSSR count). The van der Waals surface area contributed by atoms with E-state index in [0.717, 1.165) is 29.6 Å². The minimum absolute atomic E-state index is 0.146. The molecule has 0 N–H and O–H groups in total. The van der Waals surface area contributed by atoms with E-state index in [4.69, 9.17) is 5.10 Å². The first-order valence-corrected chi connectivity index (χ1v) is 14.9. The first-order chi connectivity index (χ1) is 19.0. The molecule has 0 saturated carbocycles. The maximum atomic E-state index is 13.5. The fraction of sp³-hybridized carbons (Fsp3) is 0.138. The Morgan fingerprint density at radius 2 is 1.67 bits per heavy atom. The molecule has 6 aromatic rings. The average molecular weight is 554 g/mol. The van der Waals surface area contributed by atoms with Crippen LogP contribution in [0.15, 0.2) is 94.7 Å². The van der Waals surface area contributed by atoms with E-state index in [1.165, 1.54) is 15.6 Å². The first-order valence-electron chi connectivity index (χ1n) is 12.7. The number of nitrogens with zero attached hydrogens (tertiary/aromatic N) is 5. The van der Waals surface area contributed by atoms with Crippen LogP contribution in [0.25, 0.3) is 39.0 Å². The second-order valence-corrected chi connectivity index (χ2v) is 12.4. The van der Waals surface area contributed by atoms with Crippen molar-refractivity contribution < 1.29 is 8.42 Å². The van der Waals surface area contributed by atoms with E-state index < -0.39 is 10.0 Å². The molecule has 8 nitrogen and oxygen atoms in total. The van der Waals surface area contributed by atoms with Crippen molar-refractivity contribution in [3.63, 3.8) is 0 Å². The van der Waals surface area contributed by atoms with Gasteiger partial charge in [-0.3, -0.25) is 4.79 Å². The van der Waals surface area contributed by atoms with Gasteiger partial charge in [0.05, 0.1) is 26.1 Å². The van der Waals surface area contributed by atoms with Gasteiger partial charge in [0.1, 0.15) is 5.69 Å². The number of sulfonamides is 1. The maximum absolute atomic E-state index is 13.5. The molecule has 0 aliphatic carbocycles. The first kappa shape index (κ1) is 24.0. The number of thiazole rings is 1. The lowest BCUT2D eigenvalue weighted by Crippen LogP contribution is -2.27. The molecule has 0 amide bonds. The molecule has 1 saturated heterocycles. The number of fused-ring (bicyclic) bond motifs is 3. The summed E-state index contributed by atoms with van der Waals surface area (Å²) in [6.07, 6.45) is 5.43. The zero-order valence-electron chi connectivity index (χ0n) is 20.8. The number of hydrogen-bond donors (Lipinski definition) is 0. The predicted octanol–water partition coefficient (Wildman–Crippen LogP) is 4.09. The van der Waals surface area contributed by atoms with Crippen molar-refractivity contribution in [3.8, 4) is 16.9 Å². The summed E-state index contributed by atoms with van der Waals surface area (Å²) >= 11 is 1.32. The Kier molecular flexibility index (Phi) is 5.69. The third kappa shape index (κ3) is 4.08. The lowest BCUT2D eigenvalue weighted by Gasteiger charge is -2.15. The van der Waals surface area contributed by atoms with Crippen LogP contribution < -0.4 is 10.1 Å². The van der Waals surface area contributed by atoms with E-state index in [1.54, 1.807) is 27.3 Å². The van der Waals surface area contributed by atoms with Crippen molar-refractivity contribution in [2.45, 2.75) is 17.7 Å². The van der Waals surface area contributed by atoms with Gasteiger partial charge >= 0.3 is 0 Å². The minimum Gasteiger partial charge on any atom is -0.267 e. The molecule has 10 heteroatoms. The molecule has 1 aliphatic heterocycles. The van der Waals surface area contributed by atoms with Crippen LogP contribution in [0.2, 0.25) is 0 Å². The smallest absolute Gasteiger partial charge is 0.267 e. The number of imidazole rings is 1. The van der Waals surface area contributed by atoms with Gasteiger partial charge in [-0.05, 0) is 55.3 Å². The molecule has 3 aromatic heterocycles. The fourth-order valence-corrected chi connectivity index (χ4v) is 7.61. The molecular weight excluding hydrogens is 530 g/mol. The van der Waals surface area contributed by atoms with Crippen molar-refractivity contribution in [1.82, 2.24) is 23.5 Å². The van der Waals surface area contributed by atoms with Gasteiger partial charge < -0.3 is 0 Å². The van der Waals surface area contributed by atoms with Gasteiger partial charge in [-0.15, -0.1) is 0 Å². The molecular formula is C29H23N5O3S2. The van der Waals surface area contributed by atoms with Gasteiger partial charge in [-0.2, -0.15) is 9.40 Å². The molecule has 0 radical (unpaired) electrons. The number of para-hydroxylation sites is 3. The summed E-state index contributed by atoms with van der Waals surface area (Å²) in [4.78, 5) is 18.9. The Labute approximate surface area is 228 Å². The number of aromatic nitrogens is 4. The van der Waals surface area contributed by atoms with Gasteiger partial charge in [0.2, 0.25) is 10.0 Å². The zero-order valence-corrected chi connectivity index (χ0v) is 22.4. The number of rotatable bonds is 5. The quantitative estimate of drug-likeness (QED) is 0.321. The van der Waals surface area contributed by atoms with E-state index in [1.807, 2.05) is 72.9 Å². The molecule has 1 fully saturated rings. The summed E-state index contributed by atoms with van der Waals surface area (Å²) in [5, 5.41) is 4.85. The second-order valence-electron chi connectivity index (χ2n) is 9.49. The zero-order chi connectivity index (χ0) is 26.6. The summed E-state index contributed by atoms with van der Waals surface area (Å²) in [5.74, 6) is 0. The molecule has 0 spiro atoms. The van der Waals surface area contributed by atoms with Crippen molar-refractivity contribution in [2.24, 2.45) is 0 Å². The van der Waals surface area contributed by atoms with E-state index >= 15 is 0 Å². The van der Waals surface area contributed by atoms with Gasteiger partial charge in [0, 0.05) is 30.4 Å². The van der Waals surface area contributed by atoms with Crippen molar-refractivity contribution >= 4 is 43.4 Å². The molecule has 39 heavy (non-hydrogen) atoms. The van der Waals surface area contributed by atoms with E-state index in [0.29, 0.717) is 39.4 Å². The molecule has 0 bridgehead atoms. The second kappa shape index (κ2) is 9.26. The molecule has 4 heterocycles. The summed E-state index contributed by atoms with van der Waals surface area (Å²) in [7, 11) is -3.59. The van der Waals surface area contributed by atoms with Crippen LogP contribution in [0.3, 0.4) is 0 Å². The summed E-state index contributed by atoms with van der Waals surface area (Å²) < 4.78 is 32.0. The number of benzene rings is 3. The van der Waals surface area contributed by atoms with Gasteiger partial charge in [0.25, 0.3) is 5.56 Å². The molecule has 0 atom stereocenters. The van der Waals surface area contributed by atoms with Crippen LogP contribution in [0.1, 0.15) is 18.4 Å². The minimum atomic E-state index is -3.59. The largest absolute Gasteiger partial charge is 0.274 e. The number of hydrogen-bond acceptors (Lipinski definition) is 6. The van der Waals surface area contributed by atoms with Gasteiger partial charge in [-0.25, -0.2) is 22.5 Å². The SMILES string of the molecule is O=c1c(=Cc2cn(-c3ccccc3)nc2-c2cccc(S(=O)(=O)N3CCCC3)c2)sc2nc3ccccc3n12. The lowest BCUT2D eigenvalue weighted by atomic mass is 10.1. The van der Waals surface area contributed by atoms with Crippen LogP contribution in [0, 0.1) is 0 Å². The molecule has 0 unspecified atom stereocenters. The molecule has 3 aromatic carbocycles. The third-order valence-corrected chi connectivity index (χ3v) is 9.87. The maximum Gasteiger partial charge on any atom is 0.274 e. The van der Waals surface area contributed by atoms with E-state index in [9.17, 15) is 13.2 Å². The summed E-state index contributed by atoms with van der Waals surface area (Å²) in [5.41, 5.74) is 4.22. The van der Waals surface area contributed by atoms with Crippen molar-refractivity contribution in [3.05, 3.63) is 106 Å². The Hall–Kier alpha value is -4.12. The monoisotopic (exact) mass is 553 g/mol. The fourth-order valence-electron chi connectivity index (χ4n) is 5.06. The summed E-state index contributed by atoms with van der Waals surface area (Å²) in [6, 6.07) is 24.2. The molecule has 194 valence electrons. The van der Waals surface area contributed by atoms with Crippen LogP contribution >= 0.6 is 11.3 Å². The highest BCUT2D eigenvalue weighted by molar-refractivity contribution is 7.89. The Morgan fingerprint density at radius 3 is 2.49 bits per heavy atom. The predicted molar refractivity (Wildman–Crippen MR) is 153 cm³/mol. The Bertz CT molecular complexity index is 2070. The van der Waals surface area contributed by atoms with Crippen LogP contribution in [-0.2, 0) is 10.0 Å². The third-order valence-electron chi connectivity index (χ3n) is 7.01. The Morgan fingerprint density at radius 1 is 0.897 bits per heavy atom. The summed E-state index contributed by atoms with van der Waals surface area (Å²) in [6.45, 7) is 1.07. The standard InChI is InChI=1S/C29H23N5O3S2/c35-28-26(38-29-30-24-13-4-5-14-25(24)34(28)29)18-21-19-33(22-10-2-1-3-11-22)31-27(21)20-9-8-12-23(17-20)39(36,37)32-15-6-7-16-32/h1-5,8-14,17-19H,6-7,15-16H2. The molecule has 1 aliphatic rings. The Balaban J connectivity index is 1.41. The van der Waals surface area contributed by atoms with E-state index in [2.05, 4.69) is 4.98 Å². The van der Waals surface area contributed by atoms with Crippen LogP contribution in [0.4, 0.5) is 0 Å². The van der Waals surface area contributed by atoms with Gasteiger partial charge in [0.15, 0.2) is 4.96 Å². The van der Waals surface area contributed by atoms with Gasteiger partial charge in [-0.1, -0.05) is 53.8 Å². The topological polar surface area (TPSA) is 89.6 Å². The normalized spacial score (nSPS) is 15.1. The van der Waals surface area contributed by atoms with Crippen LogP contribution in [0.5, 0.6) is 0 Å². The highest BCUT2D eigenvalue weighted by Gasteiger charge is 2.27. The highest BCUT2D eigenvalue weighted by atomic mass is 32.2. The van der Waals surface area contributed by atoms with Crippen molar-refractivity contribution in [1.29, 1.82) is 0 Å². The highest BCUT2D eigenvalue weighted by Crippen LogP contribution is 2.29. The van der Waals surface area contributed by atoms with Crippen LogP contribution in [-0.4, -0.2) is 45.0 Å².